The molecule has 1 aliphatic heterocycles. The van der Waals surface area contributed by atoms with Gasteiger partial charge < -0.3 is 24.6 Å². The van der Waals surface area contributed by atoms with Gasteiger partial charge in [0, 0.05) is 12.8 Å². The summed E-state index contributed by atoms with van der Waals surface area (Å²) in [4.78, 5) is 23.0. The summed E-state index contributed by atoms with van der Waals surface area (Å²) in [5, 5.41) is 11.7. The first-order valence-corrected chi connectivity index (χ1v) is 7.42. The molecule has 1 saturated heterocycles. The van der Waals surface area contributed by atoms with Crippen molar-refractivity contribution in [3.63, 3.8) is 0 Å². The van der Waals surface area contributed by atoms with Crippen LogP contribution in [-0.4, -0.2) is 49.5 Å². The molecule has 1 aromatic carbocycles. The molecule has 0 unspecified atom stereocenters. The number of hydrogen-bond donors (Lipinski definition) is 2. The molecule has 0 radical (unpaired) electrons. The number of rotatable bonds is 7. The van der Waals surface area contributed by atoms with Crippen LogP contribution >= 0.6 is 0 Å². The number of benzene rings is 1. The first kappa shape index (κ1) is 17.2. The number of carboxylic acid groups (broad SMARTS) is 1. The van der Waals surface area contributed by atoms with Gasteiger partial charge in [0.05, 0.1) is 6.61 Å². The number of nitrogens with one attached hydrogen (secondary N) is 1. The Kier molecular flexibility index (Phi) is 5.95. The zero-order valence-electron chi connectivity index (χ0n) is 13.2. The van der Waals surface area contributed by atoms with Crippen LogP contribution < -0.4 is 10.1 Å². The summed E-state index contributed by atoms with van der Waals surface area (Å²) >= 11 is 0. The minimum absolute atomic E-state index is 0.329. The summed E-state index contributed by atoms with van der Waals surface area (Å²) < 4.78 is 15.7. The number of aliphatic carboxylic acids is 1. The molecule has 2 atom stereocenters. The van der Waals surface area contributed by atoms with E-state index in [9.17, 15) is 9.59 Å². The van der Waals surface area contributed by atoms with E-state index >= 15 is 0 Å². The van der Waals surface area contributed by atoms with Crippen molar-refractivity contribution in [1.82, 2.24) is 0 Å². The number of carbonyl (C=O) groups excluding carboxylic acids is 1. The van der Waals surface area contributed by atoms with Gasteiger partial charge in [0.15, 0.2) is 6.10 Å². The van der Waals surface area contributed by atoms with Gasteiger partial charge in [-0.25, -0.2) is 4.79 Å². The van der Waals surface area contributed by atoms with E-state index in [-0.39, 0.29) is 5.91 Å². The van der Waals surface area contributed by atoms with E-state index in [4.69, 9.17) is 19.3 Å². The second-order valence-electron chi connectivity index (χ2n) is 5.34. The van der Waals surface area contributed by atoms with Gasteiger partial charge >= 0.3 is 5.97 Å². The summed E-state index contributed by atoms with van der Waals surface area (Å²) in [5.74, 6) is -0.667. The summed E-state index contributed by atoms with van der Waals surface area (Å²) in [7, 11) is 1.60. The van der Waals surface area contributed by atoms with Crippen LogP contribution in [0.25, 0.3) is 0 Å². The van der Waals surface area contributed by atoms with Gasteiger partial charge in [-0.2, -0.15) is 0 Å². The highest BCUT2D eigenvalue weighted by Crippen LogP contribution is 2.24. The smallest absolute Gasteiger partial charge is 0.332 e. The Labute approximate surface area is 134 Å². The molecule has 2 rings (SSSR count). The van der Waals surface area contributed by atoms with Gasteiger partial charge in [0.2, 0.25) is 0 Å². The topological polar surface area (TPSA) is 94.1 Å². The van der Waals surface area contributed by atoms with E-state index in [1.54, 1.807) is 19.2 Å². The summed E-state index contributed by atoms with van der Waals surface area (Å²) in [6.07, 6.45) is -0.879. The average molecular weight is 323 g/mol. The van der Waals surface area contributed by atoms with E-state index in [1.807, 2.05) is 13.0 Å². The molecule has 7 nitrogen and oxygen atoms in total. The molecule has 0 saturated carbocycles. The zero-order valence-corrected chi connectivity index (χ0v) is 13.2. The highest BCUT2D eigenvalue weighted by atomic mass is 16.5. The van der Waals surface area contributed by atoms with Crippen molar-refractivity contribution in [2.24, 2.45) is 0 Å². The number of carboxylic acids is 1. The standard InChI is InChI=1S/C16H21NO6/c1-10-9-11(22-8-7-21-2)3-4-12(10)17-15(18)13-5-6-14(23-13)16(19)20/h3-4,9,13-14H,5-8H2,1-2H3,(H,17,18)(H,19,20)/t13-,14+/m0/s1. The maximum absolute atomic E-state index is 12.2. The Morgan fingerprint density at radius 1 is 1.30 bits per heavy atom. The Balaban J connectivity index is 1.92. The van der Waals surface area contributed by atoms with Gasteiger partial charge in [-0.05, 0) is 43.5 Å². The predicted molar refractivity (Wildman–Crippen MR) is 82.7 cm³/mol. The maximum Gasteiger partial charge on any atom is 0.332 e. The van der Waals surface area contributed by atoms with Gasteiger partial charge in [-0.15, -0.1) is 0 Å². The summed E-state index contributed by atoms with van der Waals surface area (Å²) in [5.41, 5.74) is 1.50. The number of ether oxygens (including phenoxy) is 3. The molecule has 2 N–H and O–H groups in total. The van der Waals surface area contributed by atoms with Crippen LogP contribution in [0.3, 0.4) is 0 Å². The van der Waals surface area contributed by atoms with Crippen molar-refractivity contribution in [2.45, 2.75) is 32.0 Å². The second-order valence-corrected chi connectivity index (χ2v) is 5.34. The summed E-state index contributed by atoms with van der Waals surface area (Å²) in [6.45, 7) is 2.81. The molecule has 0 bridgehead atoms. The van der Waals surface area contributed by atoms with Crippen LogP contribution in [0.15, 0.2) is 18.2 Å². The van der Waals surface area contributed by atoms with Crippen LogP contribution in [0.4, 0.5) is 5.69 Å². The van der Waals surface area contributed by atoms with E-state index in [0.717, 1.165) is 5.56 Å². The molecule has 1 fully saturated rings. The third-order valence-corrected chi connectivity index (χ3v) is 3.60. The first-order valence-electron chi connectivity index (χ1n) is 7.42. The monoisotopic (exact) mass is 323 g/mol. The highest BCUT2D eigenvalue weighted by Gasteiger charge is 2.34. The molecule has 1 amide bonds. The van der Waals surface area contributed by atoms with Gasteiger partial charge in [0.25, 0.3) is 5.91 Å². The van der Waals surface area contributed by atoms with Crippen LogP contribution in [0.5, 0.6) is 5.75 Å². The number of amides is 1. The number of methoxy groups -OCH3 is 1. The molecule has 7 heteroatoms. The zero-order chi connectivity index (χ0) is 16.8. The molecule has 23 heavy (non-hydrogen) atoms. The molecule has 0 spiro atoms. The number of hydrogen-bond acceptors (Lipinski definition) is 5. The Morgan fingerprint density at radius 2 is 2.04 bits per heavy atom. The van der Waals surface area contributed by atoms with Crippen LogP contribution in [0.2, 0.25) is 0 Å². The minimum atomic E-state index is -1.03. The first-order chi connectivity index (χ1) is 11.0. The van der Waals surface area contributed by atoms with E-state index in [1.165, 1.54) is 0 Å². The lowest BCUT2D eigenvalue weighted by Crippen LogP contribution is -2.30. The van der Waals surface area contributed by atoms with Crippen LogP contribution in [-0.2, 0) is 19.1 Å². The maximum atomic E-state index is 12.2. The molecule has 1 aliphatic rings. The minimum Gasteiger partial charge on any atom is -0.491 e. The van der Waals surface area contributed by atoms with Crippen molar-refractivity contribution in [3.8, 4) is 5.75 Å². The van der Waals surface area contributed by atoms with Gasteiger partial charge in [-0.3, -0.25) is 4.79 Å². The fraction of sp³-hybridized carbons (Fsp3) is 0.500. The third-order valence-electron chi connectivity index (χ3n) is 3.60. The van der Waals surface area contributed by atoms with Crippen molar-refractivity contribution >= 4 is 17.6 Å². The Bertz CT molecular complexity index is 574. The molecule has 0 aromatic heterocycles. The van der Waals surface area contributed by atoms with Gasteiger partial charge in [-0.1, -0.05) is 0 Å². The normalized spacial score (nSPS) is 20.3. The van der Waals surface area contributed by atoms with Gasteiger partial charge in [0.1, 0.15) is 18.5 Å². The van der Waals surface area contributed by atoms with E-state index in [2.05, 4.69) is 5.32 Å². The molecular weight excluding hydrogens is 302 g/mol. The quantitative estimate of drug-likeness (QED) is 0.740. The lowest BCUT2D eigenvalue weighted by molar-refractivity contribution is -0.150. The number of aryl methyl sites for hydroxylation is 1. The van der Waals surface area contributed by atoms with Crippen LogP contribution in [0, 0.1) is 6.92 Å². The Hall–Kier alpha value is -2.12. The molecule has 1 heterocycles. The Morgan fingerprint density at radius 3 is 2.65 bits per heavy atom. The molecule has 0 aliphatic carbocycles. The highest BCUT2D eigenvalue weighted by molar-refractivity contribution is 5.95. The predicted octanol–water partition coefficient (Wildman–Crippen LogP) is 1.59. The van der Waals surface area contributed by atoms with Crippen molar-refractivity contribution in [1.29, 1.82) is 0 Å². The average Bonchev–Trinajstić information content (AvgIpc) is 3.00. The third kappa shape index (κ3) is 4.67. The number of carbonyl (C=O) groups is 2. The SMILES string of the molecule is COCCOc1ccc(NC(=O)[C@@H]2CC[C@H](C(=O)O)O2)c(C)c1. The largest absolute Gasteiger partial charge is 0.491 e. The molecule has 126 valence electrons. The fourth-order valence-electron chi connectivity index (χ4n) is 2.33. The van der Waals surface area contributed by atoms with Crippen molar-refractivity contribution in [2.75, 3.05) is 25.6 Å². The molecular formula is C16H21NO6. The lowest BCUT2D eigenvalue weighted by Gasteiger charge is -2.14. The van der Waals surface area contributed by atoms with E-state index < -0.39 is 18.2 Å². The van der Waals surface area contributed by atoms with Crippen LogP contribution in [0.1, 0.15) is 18.4 Å². The molecule has 1 aromatic rings. The fourth-order valence-corrected chi connectivity index (χ4v) is 2.33. The number of anilines is 1. The van der Waals surface area contributed by atoms with E-state index in [0.29, 0.717) is 37.5 Å². The summed E-state index contributed by atoms with van der Waals surface area (Å²) in [6, 6.07) is 5.33. The lowest BCUT2D eigenvalue weighted by atomic mass is 10.1. The van der Waals surface area contributed by atoms with Crippen molar-refractivity contribution < 1.29 is 28.9 Å². The second kappa shape index (κ2) is 7.94. The van der Waals surface area contributed by atoms with Crippen molar-refractivity contribution in [3.05, 3.63) is 23.8 Å².